The molecule has 0 radical (unpaired) electrons. The van der Waals surface area contributed by atoms with Gasteiger partial charge >= 0.3 is 5.97 Å². The van der Waals surface area contributed by atoms with Gasteiger partial charge in [-0.15, -0.1) is 0 Å². The lowest BCUT2D eigenvalue weighted by Crippen LogP contribution is -2.07. The Hall–Kier alpha value is -2.15. The van der Waals surface area contributed by atoms with E-state index in [0.717, 1.165) is 12.1 Å². The van der Waals surface area contributed by atoms with Crippen molar-refractivity contribution in [3.8, 4) is 11.5 Å². The smallest absolute Gasteiger partial charge is 0.362 e. The van der Waals surface area contributed by atoms with Crippen LogP contribution >= 0.6 is 11.6 Å². The minimum Gasteiger partial charge on any atom is -0.461 e. The lowest BCUT2D eigenvalue weighted by atomic mass is 10.2. The first-order chi connectivity index (χ1) is 9.43. The second kappa shape index (κ2) is 5.46. The molecule has 0 saturated heterocycles. The Kier molecular flexibility index (Phi) is 3.89. The van der Waals surface area contributed by atoms with Crippen LogP contribution in [0.25, 0.3) is 11.5 Å². The zero-order valence-electron chi connectivity index (χ0n) is 10.2. The molecule has 0 atom stereocenters. The molecule has 2 aromatic rings. The molecule has 1 aromatic carbocycles. The normalized spacial score (nSPS) is 10.6. The first-order valence-electron chi connectivity index (χ1n) is 5.52. The Balaban J connectivity index is 2.47. The molecule has 106 valence electrons. The Morgan fingerprint density at radius 3 is 2.80 bits per heavy atom. The van der Waals surface area contributed by atoms with Gasteiger partial charge in [0.25, 0.3) is 0 Å². The minimum atomic E-state index is -0.854. The third kappa shape index (κ3) is 2.57. The number of nitrogens with zero attached hydrogens (tertiary/aromatic N) is 1. The first kappa shape index (κ1) is 14.3. The van der Waals surface area contributed by atoms with Gasteiger partial charge in [-0.25, -0.2) is 13.6 Å². The Morgan fingerprint density at radius 2 is 2.15 bits per heavy atom. The number of carbonyl (C=O) groups is 1. The quantitative estimate of drug-likeness (QED) is 0.696. The van der Waals surface area contributed by atoms with E-state index in [1.165, 1.54) is 0 Å². The maximum absolute atomic E-state index is 13.7. The average Bonchev–Trinajstić information content (AvgIpc) is 2.76. The molecule has 0 unspecified atom stereocenters. The largest absolute Gasteiger partial charge is 0.461 e. The van der Waals surface area contributed by atoms with Crippen LogP contribution in [0.3, 0.4) is 0 Å². The second-order valence-electron chi connectivity index (χ2n) is 3.70. The van der Waals surface area contributed by atoms with Gasteiger partial charge < -0.3 is 14.9 Å². The summed E-state index contributed by atoms with van der Waals surface area (Å²) in [6, 6.07) is 1.58. The van der Waals surface area contributed by atoms with Crippen LogP contribution < -0.4 is 5.73 Å². The summed E-state index contributed by atoms with van der Waals surface area (Å²) in [4.78, 5) is 15.2. The molecular weight excluding hydrogens is 294 g/mol. The Morgan fingerprint density at radius 1 is 1.45 bits per heavy atom. The highest BCUT2D eigenvalue weighted by molar-refractivity contribution is 6.30. The zero-order chi connectivity index (χ0) is 14.9. The summed E-state index contributed by atoms with van der Waals surface area (Å²) in [7, 11) is 0. The van der Waals surface area contributed by atoms with Crippen LogP contribution in [0.4, 0.5) is 14.7 Å². The van der Waals surface area contributed by atoms with Gasteiger partial charge in [0.2, 0.25) is 17.5 Å². The molecule has 20 heavy (non-hydrogen) atoms. The highest BCUT2D eigenvalue weighted by Crippen LogP contribution is 2.29. The van der Waals surface area contributed by atoms with Gasteiger partial charge in [0.15, 0.2) is 0 Å². The number of halogens is 3. The Bertz CT molecular complexity index is 673. The van der Waals surface area contributed by atoms with Crippen LogP contribution in [-0.4, -0.2) is 17.6 Å². The fourth-order valence-corrected chi connectivity index (χ4v) is 1.63. The van der Waals surface area contributed by atoms with Gasteiger partial charge in [0.05, 0.1) is 17.2 Å². The standard InChI is InChI=1S/C12H9ClF2N2O3/c1-2-19-12(18)9-10(16)20-11(17-9)5-3-8(15)6(13)4-7(5)14/h3-4H,2,16H2,1H3. The number of benzene rings is 1. The predicted octanol–water partition coefficient (Wildman–Crippen LogP) is 3.03. The number of anilines is 1. The number of oxazole rings is 1. The molecule has 1 heterocycles. The molecule has 2 rings (SSSR count). The van der Waals surface area contributed by atoms with E-state index in [9.17, 15) is 13.6 Å². The number of aromatic nitrogens is 1. The SMILES string of the molecule is CCOC(=O)c1nc(-c2cc(F)c(Cl)cc2F)oc1N. The number of nitrogens with two attached hydrogens (primary N) is 1. The summed E-state index contributed by atoms with van der Waals surface area (Å²) in [5, 5.41) is -0.378. The predicted molar refractivity (Wildman–Crippen MR) is 67.2 cm³/mol. The molecule has 0 aliphatic carbocycles. The van der Waals surface area contributed by atoms with E-state index in [-0.39, 0.29) is 34.7 Å². The molecule has 0 fully saturated rings. The van der Waals surface area contributed by atoms with Crippen LogP contribution in [0.5, 0.6) is 0 Å². The lowest BCUT2D eigenvalue weighted by Gasteiger charge is -2.00. The third-order valence-electron chi connectivity index (χ3n) is 2.36. The maximum atomic E-state index is 13.7. The van der Waals surface area contributed by atoms with Gasteiger partial charge in [0, 0.05) is 0 Å². The number of rotatable bonds is 3. The molecule has 0 spiro atoms. The molecule has 0 saturated carbocycles. The fraction of sp³-hybridized carbons (Fsp3) is 0.167. The van der Waals surface area contributed by atoms with Crippen LogP contribution in [0.15, 0.2) is 16.5 Å². The summed E-state index contributed by atoms with van der Waals surface area (Å²) in [6.45, 7) is 1.72. The Labute approximate surface area is 117 Å². The molecule has 0 amide bonds. The van der Waals surface area contributed by atoms with E-state index in [1.807, 2.05) is 0 Å². The van der Waals surface area contributed by atoms with Crippen molar-refractivity contribution in [1.82, 2.24) is 4.98 Å². The van der Waals surface area contributed by atoms with E-state index in [4.69, 9.17) is 26.5 Å². The van der Waals surface area contributed by atoms with E-state index in [2.05, 4.69) is 4.98 Å². The summed E-state index contributed by atoms with van der Waals surface area (Å²) >= 11 is 5.44. The van der Waals surface area contributed by atoms with Crippen molar-refractivity contribution < 1.29 is 22.7 Å². The monoisotopic (exact) mass is 302 g/mol. The highest BCUT2D eigenvalue weighted by Gasteiger charge is 2.22. The zero-order valence-corrected chi connectivity index (χ0v) is 11.0. The van der Waals surface area contributed by atoms with Crippen molar-refractivity contribution in [3.05, 3.63) is 34.5 Å². The second-order valence-corrected chi connectivity index (χ2v) is 4.11. The van der Waals surface area contributed by atoms with Gasteiger partial charge in [-0.2, -0.15) is 4.98 Å². The van der Waals surface area contributed by atoms with Crippen LogP contribution in [0, 0.1) is 11.6 Å². The van der Waals surface area contributed by atoms with Crippen LogP contribution in [0.1, 0.15) is 17.4 Å². The number of ether oxygens (including phenoxy) is 1. The molecule has 1 aromatic heterocycles. The van der Waals surface area contributed by atoms with Crippen LogP contribution in [-0.2, 0) is 4.74 Å². The molecule has 0 aliphatic heterocycles. The molecule has 8 heteroatoms. The first-order valence-corrected chi connectivity index (χ1v) is 5.90. The van der Waals surface area contributed by atoms with Crippen molar-refractivity contribution in [2.24, 2.45) is 0 Å². The van der Waals surface area contributed by atoms with Crippen molar-refractivity contribution in [1.29, 1.82) is 0 Å². The summed E-state index contributed by atoms with van der Waals surface area (Å²) < 4.78 is 36.7. The topological polar surface area (TPSA) is 78.3 Å². The lowest BCUT2D eigenvalue weighted by molar-refractivity contribution is 0.0521. The van der Waals surface area contributed by atoms with Crippen molar-refractivity contribution >= 4 is 23.5 Å². The molecule has 2 N–H and O–H groups in total. The van der Waals surface area contributed by atoms with Gasteiger partial charge in [-0.3, -0.25) is 0 Å². The number of hydrogen-bond acceptors (Lipinski definition) is 5. The van der Waals surface area contributed by atoms with E-state index >= 15 is 0 Å². The minimum absolute atomic E-state index is 0.115. The molecular formula is C12H9ClF2N2O3. The van der Waals surface area contributed by atoms with Crippen molar-refractivity contribution in [2.75, 3.05) is 12.3 Å². The number of hydrogen-bond donors (Lipinski definition) is 1. The maximum Gasteiger partial charge on any atom is 0.362 e. The summed E-state index contributed by atoms with van der Waals surface area (Å²) in [5.74, 6) is -3.19. The van der Waals surface area contributed by atoms with E-state index < -0.39 is 17.6 Å². The van der Waals surface area contributed by atoms with Gasteiger partial charge in [-0.05, 0) is 19.1 Å². The molecule has 5 nitrogen and oxygen atoms in total. The number of nitrogen functional groups attached to an aromatic ring is 1. The van der Waals surface area contributed by atoms with Crippen molar-refractivity contribution in [3.63, 3.8) is 0 Å². The highest BCUT2D eigenvalue weighted by atomic mass is 35.5. The molecule has 0 aliphatic rings. The van der Waals surface area contributed by atoms with Gasteiger partial charge in [-0.1, -0.05) is 11.6 Å². The van der Waals surface area contributed by atoms with E-state index in [0.29, 0.717) is 0 Å². The van der Waals surface area contributed by atoms with Gasteiger partial charge in [0.1, 0.15) is 11.6 Å². The summed E-state index contributed by atoms with van der Waals surface area (Å²) in [5.41, 5.74) is 4.86. The number of esters is 1. The van der Waals surface area contributed by atoms with Crippen LogP contribution in [0.2, 0.25) is 5.02 Å². The van der Waals surface area contributed by atoms with Crippen molar-refractivity contribution in [2.45, 2.75) is 6.92 Å². The fourth-order valence-electron chi connectivity index (χ4n) is 1.48. The summed E-state index contributed by atoms with van der Waals surface area (Å²) in [6.07, 6.45) is 0. The molecule has 0 bridgehead atoms. The van der Waals surface area contributed by atoms with E-state index in [1.54, 1.807) is 6.92 Å². The average molecular weight is 303 g/mol. The number of carbonyl (C=O) groups excluding carboxylic acids is 1. The third-order valence-corrected chi connectivity index (χ3v) is 2.65.